The zero-order valence-electron chi connectivity index (χ0n) is 13.0. The number of rotatable bonds is 4. The number of likely N-dealkylation sites (tertiary alicyclic amines) is 1. The molecule has 1 aliphatic heterocycles. The van der Waals surface area contributed by atoms with Crippen LogP contribution in [0.15, 0.2) is 0 Å². The lowest BCUT2D eigenvalue weighted by Crippen LogP contribution is -2.42. The normalized spacial score (nSPS) is 20.4. The molecule has 2 rings (SSSR count). The Kier molecular flexibility index (Phi) is 4.48. The van der Waals surface area contributed by atoms with Crippen molar-refractivity contribution in [2.24, 2.45) is 18.7 Å². The van der Waals surface area contributed by atoms with E-state index >= 15 is 0 Å². The summed E-state index contributed by atoms with van der Waals surface area (Å²) >= 11 is 0. The van der Waals surface area contributed by atoms with Crippen molar-refractivity contribution in [1.29, 1.82) is 0 Å². The minimum absolute atomic E-state index is 0.0104. The average Bonchev–Trinajstić information content (AvgIpc) is 2.98. The zero-order chi connectivity index (χ0) is 14.9. The quantitative estimate of drug-likeness (QED) is 0.899. The first-order valence-electron chi connectivity index (χ1n) is 7.45. The highest BCUT2D eigenvalue weighted by molar-refractivity contribution is 5.79. The van der Waals surface area contributed by atoms with Gasteiger partial charge in [-0.1, -0.05) is 6.92 Å². The number of nitrogens with zero attached hydrogens (tertiary/aromatic N) is 3. The first-order chi connectivity index (χ1) is 9.45. The van der Waals surface area contributed by atoms with Gasteiger partial charge in [-0.15, -0.1) is 0 Å². The van der Waals surface area contributed by atoms with Crippen LogP contribution in [0.5, 0.6) is 0 Å². The number of hydrogen-bond acceptors (Lipinski definition) is 3. The SMILES string of the molecule is Cc1nn(C)c(C)c1CC(C)C(=O)N1CCCC1CN. The maximum Gasteiger partial charge on any atom is 0.226 e. The first kappa shape index (κ1) is 15.0. The molecule has 2 atom stereocenters. The van der Waals surface area contributed by atoms with Gasteiger partial charge >= 0.3 is 0 Å². The number of carbonyl (C=O) groups excluding carboxylic acids is 1. The molecule has 0 saturated carbocycles. The van der Waals surface area contributed by atoms with Gasteiger partial charge in [-0.3, -0.25) is 9.48 Å². The Morgan fingerprint density at radius 3 is 2.75 bits per heavy atom. The van der Waals surface area contributed by atoms with E-state index in [0.29, 0.717) is 6.54 Å². The Balaban J connectivity index is 2.08. The third kappa shape index (κ3) is 2.73. The molecule has 1 fully saturated rings. The highest BCUT2D eigenvalue weighted by Gasteiger charge is 2.31. The van der Waals surface area contributed by atoms with E-state index in [1.54, 1.807) is 0 Å². The van der Waals surface area contributed by atoms with Crippen LogP contribution in [-0.4, -0.2) is 39.7 Å². The van der Waals surface area contributed by atoms with E-state index in [4.69, 9.17) is 5.73 Å². The molecule has 20 heavy (non-hydrogen) atoms. The number of hydrogen-bond donors (Lipinski definition) is 1. The largest absolute Gasteiger partial charge is 0.338 e. The van der Waals surface area contributed by atoms with Crippen LogP contribution in [0.4, 0.5) is 0 Å². The van der Waals surface area contributed by atoms with E-state index in [9.17, 15) is 4.79 Å². The van der Waals surface area contributed by atoms with Gasteiger partial charge in [0.2, 0.25) is 5.91 Å². The molecule has 1 aromatic heterocycles. The summed E-state index contributed by atoms with van der Waals surface area (Å²) in [6.45, 7) is 7.52. The molecular formula is C15H26N4O. The van der Waals surface area contributed by atoms with Crippen LogP contribution in [0.3, 0.4) is 0 Å². The Labute approximate surface area is 121 Å². The summed E-state index contributed by atoms with van der Waals surface area (Å²) in [5, 5.41) is 4.42. The van der Waals surface area contributed by atoms with Crippen molar-refractivity contribution in [2.45, 2.75) is 46.1 Å². The second-order valence-electron chi connectivity index (χ2n) is 5.94. The molecule has 0 aromatic carbocycles. The number of aromatic nitrogens is 2. The number of amides is 1. The van der Waals surface area contributed by atoms with Gasteiger partial charge in [-0.25, -0.2) is 0 Å². The monoisotopic (exact) mass is 278 g/mol. The minimum Gasteiger partial charge on any atom is -0.338 e. The second kappa shape index (κ2) is 5.95. The molecule has 2 heterocycles. The molecule has 1 saturated heterocycles. The Morgan fingerprint density at radius 2 is 2.20 bits per heavy atom. The summed E-state index contributed by atoms with van der Waals surface area (Å²) in [4.78, 5) is 14.6. The van der Waals surface area contributed by atoms with E-state index in [2.05, 4.69) is 12.0 Å². The van der Waals surface area contributed by atoms with Gasteiger partial charge in [0.05, 0.1) is 5.69 Å². The molecular weight excluding hydrogens is 252 g/mol. The molecule has 5 nitrogen and oxygen atoms in total. The summed E-state index contributed by atoms with van der Waals surface area (Å²) < 4.78 is 1.89. The Morgan fingerprint density at radius 1 is 1.50 bits per heavy atom. The second-order valence-corrected chi connectivity index (χ2v) is 5.94. The van der Waals surface area contributed by atoms with E-state index in [1.165, 1.54) is 5.56 Å². The predicted octanol–water partition coefficient (Wildman–Crippen LogP) is 1.17. The zero-order valence-corrected chi connectivity index (χ0v) is 13.0. The molecule has 1 amide bonds. The molecule has 0 spiro atoms. The Bertz CT molecular complexity index is 494. The maximum absolute atomic E-state index is 12.6. The molecule has 112 valence electrons. The van der Waals surface area contributed by atoms with Gasteiger partial charge in [0.15, 0.2) is 0 Å². The van der Waals surface area contributed by atoms with Crippen molar-refractivity contribution in [3.8, 4) is 0 Å². The van der Waals surface area contributed by atoms with Crippen LogP contribution in [0.2, 0.25) is 0 Å². The fraction of sp³-hybridized carbons (Fsp3) is 0.733. The summed E-state index contributed by atoms with van der Waals surface area (Å²) in [5.74, 6) is 0.226. The van der Waals surface area contributed by atoms with Crippen molar-refractivity contribution < 1.29 is 4.79 Å². The minimum atomic E-state index is -0.0104. The highest BCUT2D eigenvalue weighted by Crippen LogP contribution is 2.22. The Hall–Kier alpha value is -1.36. The third-order valence-corrected chi connectivity index (χ3v) is 4.52. The van der Waals surface area contributed by atoms with E-state index in [-0.39, 0.29) is 17.9 Å². The number of carbonyl (C=O) groups is 1. The van der Waals surface area contributed by atoms with Gasteiger partial charge in [-0.05, 0) is 38.7 Å². The molecule has 0 bridgehead atoms. The topological polar surface area (TPSA) is 64.2 Å². The lowest BCUT2D eigenvalue weighted by molar-refractivity contribution is -0.135. The number of aryl methyl sites for hydroxylation is 2. The molecule has 2 unspecified atom stereocenters. The fourth-order valence-corrected chi connectivity index (χ4v) is 3.16. The van der Waals surface area contributed by atoms with Crippen molar-refractivity contribution in [3.05, 3.63) is 17.0 Å². The van der Waals surface area contributed by atoms with Crippen LogP contribution in [-0.2, 0) is 18.3 Å². The van der Waals surface area contributed by atoms with Crippen molar-refractivity contribution in [3.63, 3.8) is 0 Å². The van der Waals surface area contributed by atoms with Gasteiger partial charge < -0.3 is 10.6 Å². The van der Waals surface area contributed by atoms with Crippen LogP contribution >= 0.6 is 0 Å². The summed E-state index contributed by atoms with van der Waals surface area (Å²) in [7, 11) is 1.95. The van der Waals surface area contributed by atoms with E-state index in [1.807, 2.05) is 30.5 Å². The van der Waals surface area contributed by atoms with Crippen LogP contribution in [0.1, 0.15) is 36.7 Å². The smallest absolute Gasteiger partial charge is 0.226 e. The summed E-state index contributed by atoms with van der Waals surface area (Å²) in [6.07, 6.45) is 2.88. The van der Waals surface area contributed by atoms with Crippen molar-refractivity contribution in [2.75, 3.05) is 13.1 Å². The summed E-state index contributed by atoms with van der Waals surface area (Å²) in [5.41, 5.74) is 9.15. The fourth-order valence-electron chi connectivity index (χ4n) is 3.16. The van der Waals surface area contributed by atoms with E-state index < -0.39 is 0 Å². The standard InChI is InChI=1S/C15H26N4O/c1-10(8-14-11(2)17-18(4)12(14)3)15(20)19-7-5-6-13(19)9-16/h10,13H,5-9,16H2,1-4H3. The lowest BCUT2D eigenvalue weighted by atomic mass is 9.98. The highest BCUT2D eigenvalue weighted by atomic mass is 16.2. The molecule has 5 heteroatoms. The van der Waals surface area contributed by atoms with Gasteiger partial charge in [0.25, 0.3) is 0 Å². The van der Waals surface area contributed by atoms with Gasteiger partial charge in [-0.2, -0.15) is 5.10 Å². The van der Waals surface area contributed by atoms with Crippen LogP contribution in [0.25, 0.3) is 0 Å². The predicted molar refractivity (Wildman–Crippen MR) is 79.3 cm³/mol. The molecule has 0 aliphatic carbocycles. The number of nitrogens with two attached hydrogens (primary N) is 1. The first-order valence-corrected chi connectivity index (χ1v) is 7.45. The molecule has 0 radical (unpaired) electrons. The molecule has 1 aromatic rings. The van der Waals surface area contributed by atoms with Crippen LogP contribution in [0, 0.1) is 19.8 Å². The van der Waals surface area contributed by atoms with Crippen molar-refractivity contribution >= 4 is 5.91 Å². The lowest BCUT2D eigenvalue weighted by Gasteiger charge is -2.26. The van der Waals surface area contributed by atoms with Gasteiger partial charge in [0.1, 0.15) is 0 Å². The van der Waals surface area contributed by atoms with Gasteiger partial charge in [0, 0.05) is 37.8 Å². The van der Waals surface area contributed by atoms with Crippen molar-refractivity contribution in [1.82, 2.24) is 14.7 Å². The van der Waals surface area contributed by atoms with E-state index in [0.717, 1.165) is 37.2 Å². The average molecular weight is 278 g/mol. The summed E-state index contributed by atoms with van der Waals surface area (Å²) in [6, 6.07) is 0.237. The molecule has 2 N–H and O–H groups in total. The molecule has 1 aliphatic rings. The van der Waals surface area contributed by atoms with Crippen LogP contribution < -0.4 is 5.73 Å². The third-order valence-electron chi connectivity index (χ3n) is 4.52. The maximum atomic E-state index is 12.6.